The molecule has 7 heteroatoms. The molecule has 1 fully saturated rings. The third-order valence-electron chi connectivity index (χ3n) is 5.72. The van der Waals surface area contributed by atoms with Crippen LogP contribution < -0.4 is 14.8 Å². The molecule has 3 aromatic rings. The molecule has 0 aliphatic carbocycles. The number of benzene rings is 2. The molecule has 1 spiro atoms. The molecule has 3 heterocycles. The third kappa shape index (κ3) is 3.07. The fraction of sp³-hybridized carbons (Fsp3) is 0.318. The Morgan fingerprint density at radius 1 is 1.07 bits per heavy atom. The quantitative estimate of drug-likeness (QED) is 0.743. The first-order valence-corrected chi connectivity index (χ1v) is 9.82. The van der Waals surface area contributed by atoms with E-state index < -0.39 is 0 Å². The molecule has 148 valence electrons. The molecule has 1 saturated heterocycles. The van der Waals surface area contributed by atoms with Gasteiger partial charge in [-0.3, -0.25) is 0 Å². The molecule has 2 aliphatic rings. The molecular weight excluding hydrogens is 366 g/mol. The van der Waals surface area contributed by atoms with E-state index in [1.54, 1.807) is 11.8 Å². The third-order valence-corrected chi connectivity index (χ3v) is 5.72. The van der Waals surface area contributed by atoms with Gasteiger partial charge in [0.2, 0.25) is 0 Å². The van der Waals surface area contributed by atoms with E-state index in [1.165, 1.54) is 0 Å². The van der Waals surface area contributed by atoms with Gasteiger partial charge in [0.25, 0.3) is 0 Å². The number of fused-ring (bicyclic) bond motifs is 1. The van der Waals surface area contributed by atoms with E-state index in [9.17, 15) is 0 Å². The molecule has 2 aliphatic heterocycles. The van der Waals surface area contributed by atoms with Crippen molar-refractivity contribution in [3.8, 4) is 22.9 Å². The maximum atomic E-state index is 6.53. The maximum Gasteiger partial charge on any atom is 0.181 e. The molecule has 0 amide bonds. The Hall–Kier alpha value is -3.19. The summed E-state index contributed by atoms with van der Waals surface area (Å²) in [6.45, 7) is 1.89. The Bertz CT molecular complexity index is 1070. The van der Waals surface area contributed by atoms with E-state index in [4.69, 9.17) is 9.47 Å². The number of hydrogen-bond acceptors (Lipinski definition) is 6. The largest absolute Gasteiger partial charge is 0.496 e. The molecular formula is C22H23N5O2. The van der Waals surface area contributed by atoms with E-state index >= 15 is 0 Å². The van der Waals surface area contributed by atoms with Crippen molar-refractivity contribution in [1.29, 1.82) is 0 Å². The van der Waals surface area contributed by atoms with Gasteiger partial charge in [0.05, 0.1) is 12.7 Å². The van der Waals surface area contributed by atoms with Crippen molar-refractivity contribution in [2.75, 3.05) is 20.2 Å². The lowest BCUT2D eigenvalue weighted by molar-refractivity contribution is 0.0813. The Labute approximate surface area is 169 Å². The van der Waals surface area contributed by atoms with Gasteiger partial charge in [-0.2, -0.15) is 0 Å². The van der Waals surface area contributed by atoms with Crippen molar-refractivity contribution >= 4 is 5.57 Å². The Kier molecular flexibility index (Phi) is 4.32. The Morgan fingerprint density at radius 2 is 1.83 bits per heavy atom. The van der Waals surface area contributed by atoms with Gasteiger partial charge >= 0.3 is 0 Å². The molecule has 29 heavy (non-hydrogen) atoms. The molecule has 0 radical (unpaired) electrons. The molecule has 0 unspecified atom stereocenters. The first kappa shape index (κ1) is 17.9. The van der Waals surface area contributed by atoms with Crippen LogP contribution in [-0.4, -0.2) is 46.0 Å². The highest BCUT2D eigenvalue weighted by Crippen LogP contribution is 2.46. The van der Waals surface area contributed by atoms with Crippen LogP contribution in [-0.2, 0) is 7.05 Å². The summed E-state index contributed by atoms with van der Waals surface area (Å²) in [6.07, 6.45) is 4.17. The second-order valence-electron chi connectivity index (χ2n) is 7.51. The first-order valence-electron chi connectivity index (χ1n) is 9.82. The molecule has 2 aromatic carbocycles. The monoisotopic (exact) mass is 389 g/mol. The van der Waals surface area contributed by atoms with Gasteiger partial charge in [-0.25, -0.2) is 4.68 Å². The number of nitrogens with zero attached hydrogens (tertiary/aromatic N) is 4. The lowest BCUT2D eigenvalue weighted by Gasteiger charge is -2.40. The van der Waals surface area contributed by atoms with Crippen LogP contribution >= 0.6 is 0 Å². The van der Waals surface area contributed by atoms with Crippen molar-refractivity contribution in [1.82, 2.24) is 25.5 Å². The molecule has 5 rings (SSSR count). The van der Waals surface area contributed by atoms with E-state index in [0.29, 0.717) is 0 Å². The highest BCUT2D eigenvalue weighted by molar-refractivity contribution is 5.88. The number of methoxy groups -OCH3 is 1. The van der Waals surface area contributed by atoms with Crippen LogP contribution in [0.25, 0.3) is 17.0 Å². The Balaban J connectivity index is 1.62. The maximum absolute atomic E-state index is 6.53. The average molecular weight is 389 g/mol. The summed E-state index contributed by atoms with van der Waals surface area (Å²) in [4.78, 5) is 0. The summed E-state index contributed by atoms with van der Waals surface area (Å²) in [7, 11) is 3.54. The summed E-state index contributed by atoms with van der Waals surface area (Å²) < 4.78 is 13.9. The van der Waals surface area contributed by atoms with Gasteiger partial charge in [0.15, 0.2) is 5.82 Å². The van der Waals surface area contributed by atoms with Crippen molar-refractivity contribution < 1.29 is 9.47 Å². The average Bonchev–Trinajstić information content (AvgIpc) is 3.19. The van der Waals surface area contributed by atoms with Crippen LogP contribution in [0.1, 0.15) is 24.0 Å². The highest BCUT2D eigenvalue weighted by atomic mass is 16.5. The number of hydrogen-bond donors (Lipinski definition) is 1. The number of tetrazole rings is 1. The van der Waals surface area contributed by atoms with Crippen molar-refractivity contribution in [3.05, 3.63) is 59.7 Å². The van der Waals surface area contributed by atoms with E-state index in [-0.39, 0.29) is 5.60 Å². The molecule has 1 N–H and O–H groups in total. The van der Waals surface area contributed by atoms with Gasteiger partial charge in [-0.1, -0.05) is 30.3 Å². The SMILES string of the molecule is COc1cccc2c1C(c1ccc(-c3nnnn3C)cc1)=CC1(CCNCC1)O2. The summed E-state index contributed by atoms with van der Waals surface area (Å²) >= 11 is 0. The summed E-state index contributed by atoms with van der Waals surface area (Å²) in [5.41, 5.74) is 3.97. The highest BCUT2D eigenvalue weighted by Gasteiger charge is 2.38. The molecule has 1 aromatic heterocycles. The fourth-order valence-corrected chi connectivity index (χ4v) is 4.21. The van der Waals surface area contributed by atoms with Crippen LogP contribution in [0.5, 0.6) is 11.5 Å². The lowest BCUT2D eigenvalue weighted by atomic mass is 9.83. The normalized spacial score (nSPS) is 17.4. The smallest absolute Gasteiger partial charge is 0.181 e. The van der Waals surface area contributed by atoms with E-state index in [0.717, 1.165) is 65.5 Å². The predicted octanol–water partition coefficient (Wildman–Crippen LogP) is 2.83. The Morgan fingerprint density at radius 3 is 2.52 bits per heavy atom. The van der Waals surface area contributed by atoms with Crippen molar-refractivity contribution in [2.45, 2.75) is 18.4 Å². The predicted molar refractivity (Wildman–Crippen MR) is 110 cm³/mol. The zero-order chi connectivity index (χ0) is 19.8. The van der Waals surface area contributed by atoms with Gasteiger partial charge in [-0.15, -0.1) is 5.10 Å². The molecule has 7 nitrogen and oxygen atoms in total. The van der Waals surface area contributed by atoms with Crippen molar-refractivity contribution in [2.24, 2.45) is 7.05 Å². The fourth-order valence-electron chi connectivity index (χ4n) is 4.21. The van der Waals surface area contributed by atoms with Crippen molar-refractivity contribution in [3.63, 3.8) is 0 Å². The summed E-state index contributed by atoms with van der Waals surface area (Å²) in [5.74, 6) is 2.44. The topological polar surface area (TPSA) is 74.1 Å². The minimum absolute atomic E-state index is 0.286. The summed E-state index contributed by atoms with van der Waals surface area (Å²) in [5, 5.41) is 15.2. The zero-order valence-corrected chi connectivity index (χ0v) is 16.6. The first-order chi connectivity index (χ1) is 14.2. The molecule has 0 bridgehead atoms. The number of aryl methyl sites for hydroxylation is 1. The van der Waals surface area contributed by atoms with Crippen LogP contribution in [0.4, 0.5) is 0 Å². The number of aromatic nitrogens is 4. The minimum Gasteiger partial charge on any atom is -0.496 e. The minimum atomic E-state index is -0.286. The van der Waals surface area contributed by atoms with Gasteiger partial charge in [-0.05, 0) is 52.9 Å². The second kappa shape index (κ2) is 7.00. The zero-order valence-electron chi connectivity index (χ0n) is 16.6. The summed E-state index contributed by atoms with van der Waals surface area (Å²) in [6, 6.07) is 14.4. The van der Waals surface area contributed by atoms with E-state index in [2.05, 4.69) is 51.2 Å². The van der Waals surface area contributed by atoms with Crippen LogP contribution in [0.15, 0.2) is 48.5 Å². The van der Waals surface area contributed by atoms with Crippen LogP contribution in [0, 0.1) is 0 Å². The number of rotatable bonds is 3. The number of ether oxygens (including phenoxy) is 2. The molecule has 0 saturated carbocycles. The number of piperidine rings is 1. The molecule has 0 atom stereocenters. The second-order valence-corrected chi connectivity index (χ2v) is 7.51. The van der Waals surface area contributed by atoms with Crippen LogP contribution in [0.3, 0.4) is 0 Å². The van der Waals surface area contributed by atoms with E-state index in [1.807, 2.05) is 25.2 Å². The lowest BCUT2D eigenvalue weighted by Crippen LogP contribution is -2.46. The van der Waals surface area contributed by atoms with Crippen LogP contribution in [0.2, 0.25) is 0 Å². The van der Waals surface area contributed by atoms with Gasteiger partial charge < -0.3 is 14.8 Å². The standard InChI is InChI=1S/C22H23N5O2/c1-27-21(24-25-26-27)16-8-6-15(7-9-16)17-14-22(10-12-23-13-11-22)29-19-5-3-4-18(28-2)20(17)19/h3-9,14,23H,10-13H2,1-2H3. The number of nitrogens with one attached hydrogen (secondary N) is 1. The van der Waals surface area contributed by atoms with Gasteiger partial charge in [0.1, 0.15) is 17.1 Å². The van der Waals surface area contributed by atoms with Gasteiger partial charge in [0, 0.05) is 25.5 Å².